The second-order valence-electron chi connectivity index (χ2n) is 6.72. The van der Waals surface area contributed by atoms with Crippen molar-refractivity contribution < 1.29 is 23.8 Å². The molecule has 1 N–H and O–H groups in total. The van der Waals surface area contributed by atoms with E-state index in [1.165, 1.54) is 47.4 Å². The highest BCUT2D eigenvalue weighted by atomic mass is 35.5. The van der Waals surface area contributed by atoms with Crippen molar-refractivity contribution in [1.82, 2.24) is 4.90 Å². The molecule has 0 aromatic heterocycles. The summed E-state index contributed by atoms with van der Waals surface area (Å²) in [5.74, 6) is -2.43. The molecule has 1 aliphatic rings. The summed E-state index contributed by atoms with van der Waals surface area (Å²) in [6.07, 6.45) is 0.500. The third kappa shape index (κ3) is 4.51. The third-order valence-corrected chi connectivity index (χ3v) is 5.35. The van der Waals surface area contributed by atoms with Gasteiger partial charge in [-0.25, -0.2) is 4.39 Å². The topological polar surface area (TPSA) is 66.8 Å². The summed E-state index contributed by atoms with van der Waals surface area (Å²) >= 11 is 12.1. The van der Waals surface area contributed by atoms with Crippen LogP contribution in [0.15, 0.2) is 48.0 Å². The number of rotatable bonds is 7. The first kappa shape index (κ1) is 22.3. The van der Waals surface area contributed by atoms with E-state index in [2.05, 4.69) is 0 Å². The molecule has 0 saturated carbocycles. The van der Waals surface area contributed by atoms with Crippen LogP contribution in [-0.4, -0.2) is 41.5 Å². The number of aliphatic hydroxyl groups is 1. The maximum atomic E-state index is 13.5. The van der Waals surface area contributed by atoms with Crippen molar-refractivity contribution in [2.24, 2.45) is 0 Å². The summed E-state index contributed by atoms with van der Waals surface area (Å²) in [6.45, 7) is 3.05. The van der Waals surface area contributed by atoms with E-state index in [0.29, 0.717) is 30.2 Å². The molecule has 1 aliphatic heterocycles. The number of Topliss-reactive ketones (excluding diaryl/α,β-unsaturated/α-hetero) is 1. The van der Waals surface area contributed by atoms with E-state index in [1.54, 1.807) is 0 Å². The average molecular weight is 452 g/mol. The monoisotopic (exact) mass is 451 g/mol. The smallest absolute Gasteiger partial charge is 0.295 e. The number of carbonyl (C=O) groups excluding carboxylic acids is 2. The van der Waals surface area contributed by atoms with Crippen LogP contribution < -0.4 is 0 Å². The zero-order valence-corrected chi connectivity index (χ0v) is 17.7. The molecule has 1 saturated heterocycles. The molecule has 1 atom stereocenters. The Morgan fingerprint density at radius 2 is 1.87 bits per heavy atom. The molecule has 30 heavy (non-hydrogen) atoms. The lowest BCUT2D eigenvalue weighted by Crippen LogP contribution is -2.31. The van der Waals surface area contributed by atoms with Gasteiger partial charge < -0.3 is 14.7 Å². The molecular weight excluding hydrogens is 432 g/mol. The molecule has 8 heteroatoms. The number of amides is 1. The Balaban J connectivity index is 2.09. The number of aliphatic hydroxyl groups excluding tert-OH is 1. The van der Waals surface area contributed by atoms with Gasteiger partial charge in [-0.15, -0.1) is 0 Å². The van der Waals surface area contributed by atoms with Gasteiger partial charge in [0.15, 0.2) is 0 Å². The average Bonchev–Trinajstić information content (AvgIpc) is 2.96. The maximum Gasteiger partial charge on any atom is 0.295 e. The van der Waals surface area contributed by atoms with Gasteiger partial charge in [-0.3, -0.25) is 9.59 Å². The van der Waals surface area contributed by atoms with E-state index >= 15 is 0 Å². The van der Waals surface area contributed by atoms with Crippen LogP contribution in [0.4, 0.5) is 4.39 Å². The largest absolute Gasteiger partial charge is 0.507 e. The number of nitrogens with zero attached hydrogens (tertiary/aromatic N) is 1. The fourth-order valence-electron chi connectivity index (χ4n) is 3.41. The Kier molecular flexibility index (Phi) is 7.13. The molecule has 2 aromatic carbocycles. The second kappa shape index (κ2) is 9.60. The number of hydrogen-bond acceptors (Lipinski definition) is 4. The normalized spacial score (nSPS) is 18.3. The molecule has 1 unspecified atom stereocenters. The van der Waals surface area contributed by atoms with Crippen LogP contribution in [0.5, 0.6) is 0 Å². The lowest BCUT2D eigenvalue weighted by molar-refractivity contribution is -0.140. The van der Waals surface area contributed by atoms with E-state index in [4.69, 9.17) is 27.9 Å². The van der Waals surface area contributed by atoms with Crippen LogP contribution >= 0.6 is 23.2 Å². The summed E-state index contributed by atoms with van der Waals surface area (Å²) in [7, 11) is 0. The summed E-state index contributed by atoms with van der Waals surface area (Å²) in [4.78, 5) is 27.0. The molecule has 3 rings (SSSR count). The number of benzene rings is 2. The van der Waals surface area contributed by atoms with E-state index in [0.717, 1.165) is 0 Å². The molecule has 1 fully saturated rings. The zero-order chi connectivity index (χ0) is 21.8. The zero-order valence-electron chi connectivity index (χ0n) is 16.2. The van der Waals surface area contributed by atoms with Crippen molar-refractivity contribution in [3.63, 3.8) is 0 Å². The number of likely N-dealkylation sites (tertiary alicyclic amines) is 1. The van der Waals surface area contributed by atoms with Crippen LogP contribution in [0, 0.1) is 5.82 Å². The predicted octanol–water partition coefficient (Wildman–Crippen LogP) is 4.98. The Hall–Kier alpha value is -2.41. The molecular formula is C22H20Cl2FNO4. The van der Waals surface area contributed by atoms with Crippen molar-refractivity contribution in [3.8, 4) is 0 Å². The highest BCUT2D eigenvalue weighted by Crippen LogP contribution is 2.40. The highest BCUT2D eigenvalue weighted by Gasteiger charge is 2.45. The van der Waals surface area contributed by atoms with Gasteiger partial charge in [-0.1, -0.05) is 35.3 Å². The molecule has 0 bridgehead atoms. The Morgan fingerprint density at radius 3 is 2.50 bits per heavy atom. The summed E-state index contributed by atoms with van der Waals surface area (Å²) in [5, 5.41) is 11.5. The first-order valence-corrected chi connectivity index (χ1v) is 10.2. The Bertz CT molecular complexity index is 991. The van der Waals surface area contributed by atoms with Crippen LogP contribution in [0.1, 0.15) is 30.5 Å². The van der Waals surface area contributed by atoms with Crippen molar-refractivity contribution in [1.29, 1.82) is 0 Å². The maximum absolute atomic E-state index is 13.5. The summed E-state index contributed by atoms with van der Waals surface area (Å²) < 4.78 is 18.8. The molecule has 1 amide bonds. The number of halogens is 3. The number of ketones is 1. The minimum Gasteiger partial charge on any atom is -0.507 e. The van der Waals surface area contributed by atoms with Gasteiger partial charge in [0.1, 0.15) is 11.6 Å². The van der Waals surface area contributed by atoms with Gasteiger partial charge in [0, 0.05) is 30.3 Å². The molecule has 158 valence electrons. The van der Waals surface area contributed by atoms with E-state index in [-0.39, 0.29) is 22.7 Å². The van der Waals surface area contributed by atoms with Crippen molar-refractivity contribution in [2.75, 3.05) is 19.8 Å². The van der Waals surface area contributed by atoms with Crippen LogP contribution in [-0.2, 0) is 14.3 Å². The molecule has 0 radical (unpaired) electrons. The molecule has 0 aliphatic carbocycles. The van der Waals surface area contributed by atoms with Crippen molar-refractivity contribution in [3.05, 3.63) is 75.0 Å². The van der Waals surface area contributed by atoms with Gasteiger partial charge in [0.2, 0.25) is 0 Å². The molecule has 1 heterocycles. The first-order valence-electron chi connectivity index (χ1n) is 9.42. The fraction of sp³-hybridized carbons (Fsp3) is 0.273. The number of carbonyl (C=O) groups is 2. The van der Waals surface area contributed by atoms with Crippen LogP contribution in [0.3, 0.4) is 0 Å². The van der Waals surface area contributed by atoms with Gasteiger partial charge in [0.05, 0.1) is 16.6 Å². The summed E-state index contributed by atoms with van der Waals surface area (Å²) in [6, 6.07) is 9.01. The third-order valence-electron chi connectivity index (χ3n) is 4.80. The van der Waals surface area contributed by atoms with Crippen molar-refractivity contribution >= 4 is 40.7 Å². The molecule has 0 spiro atoms. The predicted molar refractivity (Wildman–Crippen MR) is 113 cm³/mol. The summed E-state index contributed by atoms with van der Waals surface area (Å²) in [5.41, 5.74) is 0.575. The highest BCUT2D eigenvalue weighted by molar-refractivity contribution is 6.47. The second-order valence-corrected chi connectivity index (χ2v) is 7.56. The quantitative estimate of drug-likeness (QED) is 0.279. The minimum absolute atomic E-state index is 0.104. The lowest BCUT2D eigenvalue weighted by Gasteiger charge is -2.25. The van der Waals surface area contributed by atoms with E-state index < -0.39 is 29.3 Å². The SMILES string of the molecule is CCOCCCN1C(=O)C(=O)/C(=C(\O)c2ccc(Cl)cc2Cl)C1c1ccc(F)cc1. The minimum atomic E-state index is -0.876. The fourth-order valence-corrected chi connectivity index (χ4v) is 3.91. The Labute approximate surface area is 183 Å². The van der Waals surface area contributed by atoms with Gasteiger partial charge in [0.25, 0.3) is 11.7 Å². The Morgan fingerprint density at radius 1 is 1.17 bits per heavy atom. The van der Waals surface area contributed by atoms with Crippen LogP contribution in [0.2, 0.25) is 10.0 Å². The molecule has 2 aromatic rings. The van der Waals surface area contributed by atoms with Gasteiger partial charge in [-0.05, 0) is 49.2 Å². The van der Waals surface area contributed by atoms with Gasteiger partial charge in [-0.2, -0.15) is 0 Å². The standard InChI is InChI=1S/C22H20Cl2FNO4/c1-2-30-11-3-10-26-19(13-4-7-15(25)8-5-13)18(21(28)22(26)29)20(27)16-9-6-14(23)12-17(16)24/h4-9,12,19,27H,2-3,10-11H2,1H3/b20-18-. The van der Waals surface area contributed by atoms with Gasteiger partial charge >= 0.3 is 0 Å². The lowest BCUT2D eigenvalue weighted by atomic mass is 9.95. The van der Waals surface area contributed by atoms with Crippen molar-refractivity contribution in [2.45, 2.75) is 19.4 Å². The van der Waals surface area contributed by atoms with Crippen LogP contribution in [0.25, 0.3) is 5.76 Å². The first-order chi connectivity index (χ1) is 14.3. The number of hydrogen-bond donors (Lipinski definition) is 1. The molecule has 5 nitrogen and oxygen atoms in total. The van der Waals surface area contributed by atoms with E-state index in [1.807, 2.05) is 6.92 Å². The van der Waals surface area contributed by atoms with E-state index in [9.17, 15) is 19.1 Å². The number of ether oxygens (including phenoxy) is 1.